The van der Waals surface area contributed by atoms with Crippen molar-refractivity contribution in [2.24, 2.45) is 13.0 Å². The molecule has 0 unspecified atom stereocenters. The molecule has 7 heteroatoms. The molecule has 3 fully saturated rings. The SMILES string of the molecule is Cn1cc(CN2CC3(CC[C@H](CNC(=O)N4CCCC4)CO3)C2)cn1. The van der Waals surface area contributed by atoms with E-state index in [1.54, 1.807) is 0 Å². The van der Waals surface area contributed by atoms with E-state index < -0.39 is 0 Å². The summed E-state index contributed by atoms with van der Waals surface area (Å²) in [7, 11) is 1.95. The van der Waals surface area contributed by atoms with Crippen LogP contribution < -0.4 is 5.32 Å². The molecule has 4 heterocycles. The molecule has 3 aliphatic heterocycles. The van der Waals surface area contributed by atoms with Gasteiger partial charge < -0.3 is 15.0 Å². The molecule has 1 aromatic rings. The van der Waals surface area contributed by atoms with Crippen LogP contribution in [0, 0.1) is 5.92 Å². The first kappa shape index (κ1) is 16.8. The number of urea groups is 1. The topological polar surface area (TPSA) is 62.6 Å². The van der Waals surface area contributed by atoms with Crippen molar-refractivity contribution in [3.05, 3.63) is 18.0 Å². The van der Waals surface area contributed by atoms with E-state index in [1.807, 2.05) is 22.8 Å². The molecule has 25 heavy (non-hydrogen) atoms. The highest BCUT2D eigenvalue weighted by molar-refractivity contribution is 5.74. The Labute approximate surface area is 149 Å². The highest BCUT2D eigenvalue weighted by Gasteiger charge is 2.46. The van der Waals surface area contributed by atoms with Crippen molar-refractivity contribution in [3.63, 3.8) is 0 Å². The molecule has 138 valence electrons. The van der Waals surface area contributed by atoms with Gasteiger partial charge >= 0.3 is 6.03 Å². The third-order valence-electron chi connectivity index (χ3n) is 5.76. The maximum atomic E-state index is 12.1. The summed E-state index contributed by atoms with van der Waals surface area (Å²) in [4.78, 5) is 16.4. The van der Waals surface area contributed by atoms with Crippen molar-refractivity contribution in [2.45, 2.75) is 37.8 Å². The zero-order valence-electron chi connectivity index (χ0n) is 15.1. The third kappa shape index (κ3) is 3.82. The fourth-order valence-electron chi connectivity index (χ4n) is 4.28. The molecular weight excluding hydrogens is 318 g/mol. The van der Waals surface area contributed by atoms with Gasteiger partial charge in [0, 0.05) is 58.1 Å². The Morgan fingerprint density at radius 1 is 1.40 bits per heavy atom. The average molecular weight is 347 g/mol. The monoisotopic (exact) mass is 347 g/mol. The number of hydrogen-bond acceptors (Lipinski definition) is 4. The van der Waals surface area contributed by atoms with Gasteiger partial charge in [-0.05, 0) is 31.6 Å². The van der Waals surface area contributed by atoms with Gasteiger partial charge in [0.1, 0.15) is 0 Å². The molecule has 1 aromatic heterocycles. The molecule has 0 aromatic carbocycles. The van der Waals surface area contributed by atoms with Crippen LogP contribution in [0.5, 0.6) is 0 Å². The fraction of sp³-hybridized carbons (Fsp3) is 0.778. The maximum absolute atomic E-state index is 12.1. The number of nitrogens with zero attached hydrogens (tertiary/aromatic N) is 4. The van der Waals surface area contributed by atoms with Crippen molar-refractivity contribution in [1.82, 2.24) is 24.9 Å². The lowest BCUT2D eigenvalue weighted by Crippen LogP contribution is -2.64. The summed E-state index contributed by atoms with van der Waals surface area (Å²) in [6, 6.07) is 0.101. The number of aryl methyl sites for hydroxylation is 1. The molecule has 3 aliphatic rings. The average Bonchev–Trinajstić information content (AvgIpc) is 3.24. The zero-order valence-corrected chi connectivity index (χ0v) is 15.1. The molecule has 2 amide bonds. The van der Waals surface area contributed by atoms with Crippen molar-refractivity contribution in [3.8, 4) is 0 Å². The quantitative estimate of drug-likeness (QED) is 0.889. The number of likely N-dealkylation sites (tertiary alicyclic amines) is 2. The van der Waals surface area contributed by atoms with Crippen molar-refractivity contribution in [2.75, 3.05) is 39.3 Å². The molecule has 0 bridgehead atoms. The van der Waals surface area contributed by atoms with Gasteiger partial charge in [0.15, 0.2) is 0 Å². The minimum atomic E-state index is 0.0532. The van der Waals surface area contributed by atoms with Crippen LogP contribution in [0.4, 0.5) is 4.79 Å². The summed E-state index contributed by atoms with van der Waals surface area (Å²) in [6.45, 7) is 6.29. The van der Waals surface area contributed by atoms with Crippen LogP contribution in [0.3, 0.4) is 0 Å². The van der Waals surface area contributed by atoms with Crippen LogP contribution in [0.25, 0.3) is 0 Å². The molecule has 1 atom stereocenters. The second kappa shape index (κ2) is 6.96. The Morgan fingerprint density at radius 3 is 2.84 bits per heavy atom. The van der Waals surface area contributed by atoms with E-state index >= 15 is 0 Å². The minimum Gasteiger partial charge on any atom is -0.372 e. The number of carbonyl (C=O) groups is 1. The molecule has 4 rings (SSSR count). The van der Waals surface area contributed by atoms with E-state index in [0.717, 1.165) is 71.6 Å². The van der Waals surface area contributed by atoms with Crippen LogP contribution in [0.2, 0.25) is 0 Å². The summed E-state index contributed by atoms with van der Waals surface area (Å²) in [5, 5.41) is 7.31. The zero-order chi connectivity index (χ0) is 17.3. The van der Waals surface area contributed by atoms with Gasteiger partial charge in [0.05, 0.1) is 18.4 Å². The highest BCUT2D eigenvalue weighted by Crippen LogP contribution is 2.36. The molecule has 7 nitrogen and oxygen atoms in total. The highest BCUT2D eigenvalue weighted by atomic mass is 16.5. The lowest BCUT2D eigenvalue weighted by molar-refractivity contribution is -0.181. The minimum absolute atomic E-state index is 0.0532. The van der Waals surface area contributed by atoms with Crippen LogP contribution in [0.1, 0.15) is 31.2 Å². The van der Waals surface area contributed by atoms with Crippen molar-refractivity contribution in [1.29, 1.82) is 0 Å². The number of carbonyl (C=O) groups excluding carboxylic acids is 1. The first-order valence-electron chi connectivity index (χ1n) is 9.49. The first-order valence-corrected chi connectivity index (χ1v) is 9.49. The second-order valence-electron chi connectivity index (χ2n) is 7.95. The smallest absolute Gasteiger partial charge is 0.317 e. The Kier molecular flexibility index (Phi) is 4.69. The van der Waals surface area contributed by atoms with Gasteiger partial charge in [-0.2, -0.15) is 5.10 Å². The fourth-order valence-corrected chi connectivity index (χ4v) is 4.28. The Morgan fingerprint density at radius 2 is 2.20 bits per heavy atom. The van der Waals surface area contributed by atoms with Crippen molar-refractivity contribution < 1.29 is 9.53 Å². The number of rotatable bonds is 4. The van der Waals surface area contributed by atoms with Gasteiger partial charge in [-0.25, -0.2) is 4.79 Å². The lowest BCUT2D eigenvalue weighted by Gasteiger charge is -2.53. The molecular formula is C18H29N5O2. The van der Waals surface area contributed by atoms with E-state index in [4.69, 9.17) is 4.74 Å². The summed E-state index contributed by atoms with van der Waals surface area (Å²) in [6.07, 6.45) is 8.52. The molecule has 0 radical (unpaired) electrons. The standard InChI is InChI=1S/C18H29N5O2/c1-21-10-16(9-20-21)11-22-13-18(14-22)5-4-15(12-25-18)8-19-17(24)23-6-2-3-7-23/h9-10,15H,2-8,11-14H2,1H3,(H,19,24)/t15-/m1/s1. The summed E-state index contributed by atoms with van der Waals surface area (Å²) in [5.74, 6) is 0.449. The van der Waals surface area contributed by atoms with Gasteiger partial charge in [-0.15, -0.1) is 0 Å². The number of ether oxygens (including phenoxy) is 1. The van der Waals surface area contributed by atoms with Crippen LogP contribution in [-0.4, -0.2) is 70.5 Å². The Bertz CT molecular complexity index is 594. The van der Waals surface area contributed by atoms with E-state index in [-0.39, 0.29) is 11.6 Å². The summed E-state index contributed by atoms with van der Waals surface area (Å²) < 4.78 is 8.07. The maximum Gasteiger partial charge on any atom is 0.317 e. The molecule has 1 N–H and O–H groups in total. The van der Waals surface area contributed by atoms with E-state index in [1.165, 1.54) is 5.56 Å². The predicted octanol–water partition coefficient (Wildman–Crippen LogP) is 1.21. The summed E-state index contributed by atoms with van der Waals surface area (Å²) in [5.41, 5.74) is 1.31. The van der Waals surface area contributed by atoms with Gasteiger partial charge in [-0.1, -0.05) is 0 Å². The van der Waals surface area contributed by atoms with Crippen LogP contribution >= 0.6 is 0 Å². The number of aromatic nitrogens is 2. The molecule has 1 spiro atoms. The van der Waals surface area contributed by atoms with Crippen LogP contribution in [-0.2, 0) is 18.3 Å². The predicted molar refractivity (Wildman–Crippen MR) is 94.1 cm³/mol. The lowest BCUT2D eigenvalue weighted by atomic mass is 9.83. The second-order valence-corrected chi connectivity index (χ2v) is 7.95. The number of nitrogens with one attached hydrogen (secondary N) is 1. The Hall–Kier alpha value is -1.60. The van der Waals surface area contributed by atoms with Gasteiger partial charge in [0.25, 0.3) is 0 Å². The summed E-state index contributed by atoms with van der Waals surface area (Å²) >= 11 is 0. The van der Waals surface area contributed by atoms with E-state index in [9.17, 15) is 4.79 Å². The Balaban J connectivity index is 1.16. The normalized spacial score (nSPS) is 26.0. The molecule has 0 aliphatic carbocycles. The van der Waals surface area contributed by atoms with E-state index in [0.29, 0.717) is 5.92 Å². The molecule has 3 saturated heterocycles. The van der Waals surface area contributed by atoms with Crippen molar-refractivity contribution >= 4 is 6.03 Å². The van der Waals surface area contributed by atoms with Crippen LogP contribution in [0.15, 0.2) is 12.4 Å². The third-order valence-corrected chi connectivity index (χ3v) is 5.76. The van der Waals surface area contributed by atoms with Gasteiger partial charge in [-0.3, -0.25) is 9.58 Å². The molecule has 0 saturated carbocycles. The number of amides is 2. The van der Waals surface area contributed by atoms with Gasteiger partial charge in [0.2, 0.25) is 0 Å². The van der Waals surface area contributed by atoms with E-state index in [2.05, 4.69) is 21.5 Å². The first-order chi connectivity index (χ1) is 12.1. The largest absolute Gasteiger partial charge is 0.372 e. The number of hydrogen-bond donors (Lipinski definition) is 1.